The van der Waals surface area contributed by atoms with E-state index in [1.807, 2.05) is 0 Å². The molecule has 0 radical (unpaired) electrons. The molecule has 2 amide bonds. The fourth-order valence-electron chi connectivity index (χ4n) is 1.68. The molecular formula is C15H12FN3O4. The monoisotopic (exact) mass is 317 g/mol. The predicted molar refractivity (Wildman–Crippen MR) is 76.9 cm³/mol. The smallest absolute Gasteiger partial charge is 0.337 e. The molecule has 8 heteroatoms. The van der Waals surface area contributed by atoms with Gasteiger partial charge in [-0.1, -0.05) is 12.1 Å². The molecule has 2 aromatic rings. The Bertz CT molecular complexity index is 729. The van der Waals surface area contributed by atoms with E-state index in [0.29, 0.717) is 5.56 Å². The molecule has 0 aliphatic carbocycles. The molecule has 1 aromatic carbocycles. The molecule has 0 aliphatic heterocycles. The van der Waals surface area contributed by atoms with Crippen molar-refractivity contribution in [3.8, 4) is 0 Å². The van der Waals surface area contributed by atoms with Crippen LogP contribution >= 0.6 is 0 Å². The van der Waals surface area contributed by atoms with E-state index < -0.39 is 23.6 Å². The summed E-state index contributed by atoms with van der Waals surface area (Å²) in [7, 11) is 0. The summed E-state index contributed by atoms with van der Waals surface area (Å²) in [6.45, 7) is 0. The number of aromatic carboxylic acids is 1. The Balaban J connectivity index is 1.87. The van der Waals surface area contributed by atoms with Crippen molar-refractivity contribution in [1.82, 2.24) is 15.8 Å². The largest absolute Gasteiger partial charge is 0.478 e. The summed E-state index contributed by atoms with van der Waals surface area (Å²) in [5.41, 5.74) is 4.84. The maximum atomic E-state index is 12.7. The van der Waals surface area contributed by atoms with E-state index in [1.165, 1.54) is 36.4 Å². The number of carbonyl (C=O) groups is 3. The fraction of sp³-hybridized carbons (Fsp3) is 0.0667. The highest BCUT2D eigenvalue weighted by atomic mass is 19.1. The molecule has 0 aliphatic rings. The van der Waals surface area contributed by atoms with Gasteiger partial charge in [-0.2, -0.15) is 0 Å². The number of nitrogens with zero attached hydrogens (tertiary/aromatic N) is 1. The van der Waals surface area contributed by atoms with E-state index in [2.05, 4.69) is 15.8 Å². The minimum atomic E-state index is -1.16. The van der Waals surface area contributed by atoms with Crippen LogP contribution in [0.2, 0.25) is 0 Å². The van der Waals surface area contributed by atoms with Gasteiger partial charge in [-0.25, -0.2) is 9.18 Å². The van der Waals surface area contributed by atoms with Gasteiger partial charge in [-0.3, -0.25) is 25.4 Å². The number of nitrogens with one attached hydrogen (secondary N) is 2. The van der Waals surface area contributed by atoms with Gasteiger partial charge in [0.2, 0.25) is 5.91 Å². The quantitative estimate of drug-likeness (QED) is 0.727. The lowest BCUT2D eigenvalue weighted by Gasteiger charge is -2.07. The lowest BCUT2D eigenvalue weighted by atomic mass is 10.1. The van der Waals surface area contributed by atoms with Gasteiger partial charge in [0.15, 0.2) is 0 Å². The molecule has 3 N–H and O–H groups in total. The molecule has 0 fully saturated rings. The molecule has 2 rings (SSSR count). The summed E-state index contributed by atoms with van der Waals surface area (Å²) < 4.78 is 12.7. The molecule has 1 heterocycles. The number of carboxylic acids is 1. The van der Waals surface area contributed by atoms with Gasteiger partial charge < -0.3 is 5.11 Å². The summed E-state index contributed by atoms with van der Waals surface area (Å²) in [5.74, 6) is -2.74. The number of carboxylic acid groups (broad SMARTS) is 1. The zero-order chi connectivity index (χ0) is 16.8. The number of carbonyl (C=O) groups excluding carboxylic acids is 2. The van der Waals surface area contributed by atoms with Crippen molar-refractivity contribution < 1.29 is 23.9 Å². The second-order valence-electron chi connectivity index (χ2n) is 4.54. The zero-order valence-electron chi connectivity index (χ0n) is 11.7. The van der Waals surface area contributed by atoms with Crippen LogP contribution in [0.4, 0.5) is 4.39 Å². The summed E-state index contributed by atoms with van der Waals surface area (Å²) in [4.78, 5) is 37.8. The summed E-state index contributed by atoms with van der Waals surface area (Å²) in [6.07, 6.45) is 1.00. The molecular weight excluding hydrogens is 305 g/mol. The third kappa shape index (κ3) is 4.60. The second-order valence-corrected chi connectivity index (χ2v) is 4.54. The van der Waals surface area contributed by atoms with Gasteiger partial charge in [0.1, 0.15) is 11.5 Å². The molecule has 23 heavy (non-hydrogen) atoms. The number of aromatic nitrogens is 1. The lowest BCUT2D eigenvalue weighted by molar-refractivity contribution is -0.121. The first-order chi connectivity index (χ1) is 11.0. The van der Waals surface area contributed by atoms with E-state index in [4.69, 9.17) is 5.11 Å². The van der Waals surface area contributed by atoms with Crippen LogP contribution in [0.1, 0.15) is 26.4 Å². The normalized spacial score (nSPS) is 9.96. The molecule has 0 saturated carbocycles. The third-order valence-corrected chi connectivity index (χ3v) is 2.84. The van der Waals surface area contributed by atoms with Gasteiger partial charge in [0.05, 0.1) is 12.0 Å². The van der Waals surface area contributed by atoms with Crippen LogP contribution in [0, 0.1) is 5.82 Å². The van der Waals surface area contributed by atoms with Crippen molar-refractivity contribution in [3.63, 3.8) is 0 Å². The maximum Gasteiger partial charge on any atom is 0.337 e. The Labute approximate surface area is 130 Å². The summed E-state index contributed by atoms with van der Waals surface area (Å²) in [6, 6.07) is 7.84. The van der Waals surface area contributed by atoms with Crippen LogP contribution in [-0.4, -0.2) is 27.9 Å². The Hall–Kier alpha value is -3.29. The number of rotatable bonds is 4. The van der Waals surface area contributed by atoms with E-state index >= 15 is 0 Å². The van der Waals surface area contributed by atoms with Crippen LogP contribution < -0.4 is 10.9 Å². The topological polar surface area (TPSA) is 108 Å². The Morgan fingerprint density at radius 2 is 1.74 bits per heavy atom. The van der Waals surface area contributed by atoms with Crippen molar-refractivity contribution in [2.45, 2.75) is 6.42 Å². The van der Waals surface area contributed by atoms with Crippen LogP contribution in [0.15, 0.2) is 42.6 Å². The molecule has 7 nitrogen and oxygen atoms in total. The number of benzene rings is 1. The van der Waals surface area contributed by atoms with Crippen molar-refractivity contribution in [2.75, 3.05) is 0 Å². The molecule has 0 bridgehead atoms. The number of hydrogen-bond acceptors (Lipinski definition) is 4. The van der Waals surface area contributed by atoms with E-state index in [0.717, 1.165) is 6.20 Å². The van der Waals surface area contributed by atoms with E-state index in [1.54, 1.807) is 0 Å². The molecule has 0 unspecified atom stereocenters. The van der Waals surface area contributed by atoms with E-state index in [9.17, 15) is 18.8 Å². The molecule has 0 saturated heterocycles. The number of halogens is 1. The molecule has 0 atom stereocenters. The number of amides is 2. The van der Waals surface area contributed by atoms with Gasteiger partial charge >= 0.3 is 5.97 Å². The zero-order valence-corrected chi connectivity index (χ0v) is 11.7. The third-order valence-electron chi connectivity index (χ3n) is 2.84. The average molecular weight is 317 g/mol. The maximum absolute atomic E-state index is 12.7. The van der Waals surface area contributed by atoms with Crippen LogP contribution in [0.3, 0.4) is 0 Å². The first-order valence-corrected chi connectivity index (χ1v) is 6.48. The van der Waals surface area contributed by atoms with Crippen molar-refractivity contribution >= 4 is 17.8 Å². The second kappa shape index (κ2) is 7.12. The Morgan fingerprint density at radius 3 is 2.30 bits per heavy atom. The van der Waals surface area contributed by atoms with E-state index in [-0.39, 0.29) is 17.7 Å². The first-order valence-electron chi connectivity index (χ1n) is 6.48. The number of pyridine rings is 1. The summed E-state index contributed by atoms with van der Waals surface area (Å²) in [5, 5.41) is 8.73. The van der Waals surface area contributed by atoms with Gasteiger partial charge in [-0.05, 0) is 29.8 Å². The van der Waals surface area contributed by atoms with Crippen LogP contribution in [0.5, 0.6) is 0 Å². The predicted octanol–water partition coefficient (Wildman–Crippen LogP) is 0.923. The average Bonchev–Trinajstić information content (AvgIpc) is 2.55. The Kier molecular flexibility index (Phi) is 4.98. The highest BCUT2D eigenvalue weighted by Crippen LogP contribution is 2.03. The van der Waals surface area contributed by atoms with Crippen molar-refractivity contribution in [2.24, 2.45) is 0 Å². The highest BCUT2D eigenvalue weighted by Gasteiger charge is 2.11. The lowest BCUT2D eigenvalue weighted by Crippen LogP contribution is -2.42. The van der Waals surface area contributed by atoms with Gasteiger partial charge in [0.25, 0.3) is 5.91 Å². The van der Waals surface area contributed by atoms with Gasteiger partial charge in [-0.15, -0.1) is 0 Å². The summed E-state index contributed by atoms with van der Waals surface area (Å²) >= 11 is 0. The van der Waals surface area contributed by atoms with Crippen molar-refractivity contribution in [3.05, 3.63) is 65.2 Å². The Morgan fingerprint density at radius 1 is 1.04 bits per heavy atom. The minimum absolute atomic E-state index is 0.0358. The number of hydrazine groups is 1. The van der Waals surface area contributed by atoms with Crippen LogP contribution in [-0.2, 0) is 11.2 Å². The molecule has 118 valence electrons. The first kappa shape index (κ1) is 16.1. The standard InChI is InChI=1S/C15H12FN3O4/c16-11-4-1-9(2-5-11)7-13(20)18-19-14(21)12-6-3-10(8-17-12)15(22)23/h1-6,8H,7H2,(H,18,20)(H,19,21)(H,22,23). The number of hydrogen-bond donors (Lipinski definition) is 3. The minimum Gasteiger partial charge on any atom is -0.478 e. The fourth-order valence-corrected chi connectivity index (χ4v) is 1.68. The molecule has 1 aromatic heterocycles. The SMILES string of the molecule is O=C(Cc1ccc(F)cc1)NNC(=O)c1ccc(C(=O)O)cn1. The molecule has 0 spiro atoms. The van der Waals surface area contributed by atoms with Gasteiger partial charge in [0, 0.05) is 6.20 Å². The highest BCUT2D eigenvalue weighted by molar-refractivity contribution is 5.94. The van der Waals surface area contributed by atoms with Crippen molar-refractivity contribution in [1.29, 1.82) is 0 Å². The van der Waals surface area contributed by atoms with Crippen LogP contribution in [0.25, 0.3) is 0 Å².